The lowest BCUT2D eigenvalue weighted by molar-refractivity contribution is -0.385. The van der Waals surface area contributed by atoms with E-state index in [1.54, 1.807) is 20.8 Å². The van der Waals surface area contributed by atoms with Gasteiger partial charge in [0.05, 0.1) is 15.9 Å². The van der Waals surface area contributed by atoms with Crippen molar-refractivity contribution in [1.29, 1.82) is 0 Å². The van der Waals surface area contributed by atoms with Crippen LogP contribution in [0.3, 0.4) is 0 Å². The number of alkyl halides is 3. The molecule has 7 nitrogen and oxygen atoms in total. The highest BCUT2D eigenvalue weighted by molar-refractivity contribution is 9.10. The van der Waals surface area contributed by atoms with E-state index in [9.17, 15) is 28.1 Å². The number of non-ortho nitro benzene ring substituents is 1. The fraction of sp³-hybridized carbons (Fsp3) is 0.611. The molecule has 0 saturated carbocycles. The molecule has 1 saturated heterocycles. The van der Waals surface area contributed by atoms with Crippen LogP contribution in [0.1, 0.15) is 39.2 Å². The standard InChI is InChI=1S/C18H22BrF3N2O5/c1-11-8-12(24(26)27)9-13(19)14(11)28-17(18(20,21)22)6-5-7-23(10-17)15(25)29-16(2,3)4/h8-9H,5-7,10H2,1-4H3. The number of nitro groups is 1. The summed E-state index contributed by atoms with van der Waals surface area (Å²) in [6.45, 7) is 5.66. The molecule has 162 valence electrons. The van der Waals surface area contributed by atoms with E-state index in [4.69, 9.17) is 9.47 Å². The Morgan fingerprint density at radius 3 is 2.41 bits per heavy atom. The van der Waals surface area contributed by atoms with Gasteiger partial charge < -0.3 is 14.4 Å². The molecular formula is C18H22BrF3N2O5. The first kappa shape index (κ1) is 23.2. The maximum Gasteiger partial charge on any atom is 0.430 e. The molecule has 0 bridgehead atoms. The Hall–Kier alpha value is -2.04. The van der Waals surface area contributed by atoms with Crippen LogP contribution >= 0.6 is 15.9 Å². The second kappa shape index (κ2) is 8.00. The SMILES string of the molecule is Cc1cc([N+](=O)[O-])cc(Br)c1OC1(C(F)(F)F)CCCN(C(=O)OC(C)(C)C)C1. The maximum atomic E-state index is 14.1. The number of carbonyl (C=O) groups excluding carboxylic acids is 1. The quantitative estimate of drug-likeness (QED) is 0.426. The number of benzene rings is 1. The third-order valence-electron chi connectivity index (χ3n) is 4.35. The summed E-state index contributed by atoms with van der Waals surface area (Å²) in [6.07, 6.45) is -5.95. The number of hydrogen-bond acceptors (Lipinski definition) is 5. The lowest BCUT2D eigenvalue weighted by atomic mass is 9.91. The minimum atomic E-state index is -4.79. The molecule has 0 aliphatic carbocycles. The number of amides is 1. The highest BCUT2D eigenvalue weighted by atomic mass is 79.9. The molecule has 1 unspecified atom stereocenters. The van der Waals surface area contributed by atoms with Crippen LogP contribution in [0.4, 0.5) is 23.7 Å². The van der Waals surface area contributed by atoms with Gasteiger partial charge in [0.15, 0.2) is 0 Å². The fourth-order valence-electron chi connectivity index (χ4n) is 3.02. The summed E-state index contributed by atoms with van der Waals surface area (Å²) in [5, 5.41) is 11.0. The fourth-order valence-corrected chi connectivity index (χ4v) is 3.65. The van der Waals surface area contributed by atoms with Gasteiger partial charge in [0.2, 0.25) is 5.60 Å². The van der Waals surface area contributed by atoms with Crippen molar-refractivity contribution in [2.45, 2.75) is 57.9 Å². The van der Waals surface area contributed by atoms with Crippen LogP contribution in [0, 0.1) is 17.0 Å². The zero-order valence-electron chi connectivity index (χ0n) is 16.4. The van der Waals surface area contributed by atoms with E-state index in [2.05, 4.69) is 15.9 Å². The van der Waals surface area contributed by atoms with Gasteiger partial charge in [-0.1, -0.05) is 0 Å². The molecule has 0 spiro atoms. The lowest BCUT2D eigenvalue weighted by Crippen LogP contribution is -2.62. The van der Waals surface area contributed by atoms with E-state index < -0.39 is 34.9 Å². The smallest absolute Gasteiger partial charge is 0.430 e. The Labute approximate surface area is 174 Å². The van der Waals surface area contributed by atoms with Gasteiger partial charge in [-0.3, -0.25) is 10.1 Å². The lowest BCUT2D eigenvalue weighted by Gasteiger charge is -2.43. The van der Waals surface area contributed by atoms with Crippen molar-refractivity contribution in [3.8, 4) is 5.75 Å². The minimum Gasteiger partial charge on any atom is -0.474 e. The third kappa shape index (κ3) is 5.31. The van der Waals surface area contributed by atoms with Crippen LogP contribution in [0.25, 0.3) is 0 Å². The van der Waals surface area contributed by atoms with E-state index in [1.807, 2.05) is 0 Å². The Bertz CT molecular complexity index is 787. The second-order valence-electron chi connectivity index (χ2n) is 7.93. The minimum absolute atomic E-state index is 0.0298. The molecular weight excluding hydrogens is 461 g/mol. The molecule has 1 aliphatic heterocycles. The number of carbonyl (C=O) groups is 1. The highest BCUT2D eigenvalue weighted by Gasteiger charge is 2.60. The van der Waals surface area contributed by atoms with E-state index in [0.29, 0.717) is 0 Å². The van der Waals surface area contributed by atoms with Crippen molar-refractivity contribution in [2.75, 3.05) is 13.1 Å². The molecule has 1 aromatic carbocycles. The predicted octanol–water partition coefficient (Wildman–Crippen LogP) is 5.38. The summed E-state index contributed by atoms with van der Waals surface area (Å²) >= 11 is 3.07. The number of nitrogens with zero attached hydrogens (tertiary/aromatic N) is 2. The number of rotatable bonds is 3. The Morgan fingerprint density at radius 2 is 1.93 bits per heavy atom. The van der Waals surface area contributed by atoms with Gasteiger partial charge in [0, 0.05) is 18.7 Å². The zero-order valence-corrected chi connectivity index (χ0v) is 18.0. The number of aryl methyl sites for hydroxylation is 1. The van der Waals surface area contributed by atoms with Crippen molar-refractivity contribution >= 4 is 27.7 Å². The van der Waals surface area contributed by atoms with Crippen molar-refractivity contribution in [2.24, 2.45) is 0 Å². The van der Waals surface area contributed by atoms with Gasteiger partial charge in [-0.05, 0) is 62.0 Å². The van der Waals surface area contributed by atoms with Gasteiger partial charge in [0.25, 0.3) is 5.69 Å². The largest absolute Gasteiger partial charge is 0.474 e. The zero-order chi connectivity index (χ0) is 22.2. The molecule has 1 amide bonds. The summed E-state index contributed by atoms with van der Waals surface area (Å²) in [5.41, 5.74) is -3.62. The first-order valence-electron chi connectivity index (χ1n) is 8.83. The molecule has 1 aliphatic rings. The van der Waals surface area contributed by atoms with Gasteiger partial charge in [0.1, 0.15) is 11.4 Å². The number of hydrogen-bond donors (Lipinski definition) is 0. The first-order chi connectivity index (χ1) is 13.2. The van der Waals surface area contributed by atoms with Crippen LogP contribution < -0.4 is 4.74 Å². The number of piperidine rings is 1. The summed E-state index contributed by atoms with van der Waals surface area (Å²) in [7, 11) is 0. The maximum absolute atomic E-state index is 14.1. The van der Waals surface area contributed by atoms with Crippen LogP contribution in [0.5, 0.6) is 5.75 Å². The normalized spacial score (nSPS) is 20.3. The molecule has 29 heavy (non-hydrogen) atoms. The van der Waals surface area contributed by atoms with E-state index in [0.717, 1.165) is 17.0 Å². The molecule has 1 atom stereocenters. The van der Waals surface area contributed by atoms with Crippen molar-refractivity contribution in [3.05, 3.63) is 32.3 Å². The molecule has 0 radical (unpaired) electrons. The summed E-state index contributed by atoms with van der Waals surface area (Å²) < 4.78 is 53.0. The van der Waals surface area contributed by atoms with Crippen molar-refractivity contribution < 1.29 is 32.4 Å². The van der Waals surface area contributed by atoms with Gasteiger partial charge >= 0.3 is 12.3 Å². The van der Waals surface area contributed by atoms with Gasteiger partial charge in [-0.25, -0.2) is 4.79 Å². The van der Waals surface area contributed by atoms with Crippen LogP contribution in [-0.4, -0.2) is 46.4 Å². The Morgan fingerprint density at radius 1 is 1.31 bits per heavy atom. The number of likely N-dealkylation sites (tertiary alicyclic amines) is 1. The Balaban J connectivity index is 2.39. The molecule has 2 rings (SSSR count). The topological polar surface area (TPSA) is 81.9 Å². The summed E-state index contributed by atoms with van der Waals surface area (Å²) in [5.74, 6) is -0.154. The molecule has 1 fully saturated rings. The van der Waals surface area contributed by atoms with E-state index >= 15 is 0 Å². The number of nitro benzene ring substituents is 1. The van der Waals surface area contributed by atoms with Gasteiger partial charge in [-0.15, -0.1) is 0 Å². The number of halogens is 4. The molecule has 1 aromatic rings. The van der Waals surface area contributed by atoms with Crippen LogP contribution in [0.15, 0.2) is 16.6 Å². The Kier molecular flexibility index (Phi) is 6.41. The first-order valence-corrected chi connectivity index (χ1v) is 9.63. The monoisotopic (exact) mass is 482 g/mol. The van der Waals surface area contributed by atoms with Crippen molar-refractivity contribution in [3.63, 3.8) is 0 Å². The summed E-state index contributed by atoms with van der Waals surface area (Å²) in [6, 6.07) is 2.22. The second-order valence-corrected chi connectivity index (χ2v) is 8.78. The van der Waals surface area contributed by atoms with Gasteiger partial charge in [-0.2, -0.15) is 13.2 Å². The predicted molar refractivity (Wildman–Crippen MR) is 102 cm³/mol. The number of ether oxygens (including phenoxy) is 2. The van der Waals surface area contributed by atoms with E-state index in [1.165, 1.54) is 6.92 Å². The third-order valence-corrected chi connectivity index (χ3v) is 4.93. The molecule has 0 N–H and O–H groups in total. The average Bonchev–Trinajstić information content (AvgIpc) is 2.55. The van der Waals surface area contributed by atoms with Crippen LogP contribution in [-0.2, 0) is 4.74 Å². The average molecular weight is 483 g/mol. The molecule has 0 aromatic heterocycles. The van der Waals surface area contributed by atoms with Crippen LogP contribution in [0.2, 0.25) is 0 Å². The molecule has 11 heteroatoms. The van der Waals surface area contributed by atoms with Crippen molar-refractivity contribution in [1.82, 2.24) is 4.90 Å². The summed E-state index contributed by atoms with van der Waals surface area (Å²) in [4.78, 5) is 23.6. The molecule has 1 heterocycles. The highest BCUT2D eigenvalue weighted by Crippen LogP contribution is 2.44. The van der Waals surface area contributed by atoms with E-state index in [-0.39, 0.29) is 40.9 Å².